The lowest BCUT2D eigenvalue weighted by atomic mass is 10.0. The summed E-state index contributed by atoms with van der Waals surface area (Å²) in [6.07, 6.45) is 11.8. The summed E-state index contributed by atoms with van der Waals surface area (Å²) >= 11 is 0. The second kappa shape index (κ2) is 14.1. The highest BCUT2D eigenvalue weighted by Gasteiger charge is 2.27. The predicted octanol–water partition coefficient (Wildman–Crippen LogP) is 3.40. The molecule has 238 valence electrons. The molecule has 0 spiro atoms. The van der Waals surface area contributed by atoms with Gasteiger partial charge in [0.25, 0.3) is 0 Å². The smallest absolute Gasteiger partial charge is 0.338 e. The second-order valence-corrected chi connectivity index (χ2v) is 12.1. The number of rotatable bonds is 8. The van der Waals surface area contributed by atoms with Crippen molar-refractivity contribution in [3.05, 3.63) is 94.1 Å². The van der Waals surface area contributed by atoms with E-state index in [1.54, 1.807) is 30.7 Å². The minimum atomic E-state index is -0.920. The van der Waals surface area contributed by atoms with Crippen LogP contribution in [0.4, 0.5) is 0 Å². The van der Waals surface area contributed by atoms with Crippen molar-refractivity contribution in [2.24, 2.45) is 11.8 Å². The number of carboxylic acid groups (broad SMARTS) is 1. The maximum absolute atomic E-state index is 11.9. The van der Waals surface area contributed by atoms with Gasteiger partial charge in [-0.15, -0.1) is 0 Å². The summed E-state index contributed by atoms with van der Waals surface area (Å²) < 4.78 is 8.93. The highest BCUT2D eigenvalue weighted by atomic mass is 16.5. The van der Waals surface area contributed by atoms with Crippen molar-refractivity contribution in [3.8, 4) is 0 Å². The van der Waals surface area contributed by atoms with Crippen molar-refractivity contribution in [1.82, 2.24) is 40.2 Å². The van der Waals surface area contributed by atoms with Gasteiger partial charge in [0.2, 0.25) is 0 Å². The Kier molecular flexibility index (Phi) is 10.0. The Hall–Kier alpha value is -4.42. The fourth-order valence-electron chi connectivity index (χ4n) is 6.09. The van der Waals surface area contributed by atoms with Crippen molar-refractivity contribution >= 4 is 11.9 Å². The molecule has 0 amide bonds. The van der Waals surface area contributed by atoms with Gasteiger partial charge in [-0.25, -0.2) is 9.59 Å². The summed E-state index contributed by atoms with van der Waals surface area (Å²) in [6, 6.07) is 3.99. The average Bonchev–Trinajstić information content (AvgIpc) is 3.82. The van der Waals surface area contributed by atoms with Crippen LogP contribution in [-0.2, 0) is 17.6 Å². The van der Waals surface area contributed by atoms with Gasteiger partial charge < -0.3 is 20.5 Å². The number of aryl methyl sites for hydroxylation is 2. The molecule has 2 aliphatic rings. The van der Waals surface area contributed by atoms with Gasteiger partial charge in [-0.1, -0.05) is 13.8 Å². The number of aromatic carboxylic acids is 1. The molecule has 45 heavy (non-hydrogen) atoms. The molecule has 2 fully saturated rings. The van der Waals surface area contributed by atoms with Crippen molar-refractivity contribution in [3.63, 3.8) is 0 Å². The van der Waals surface area contributed by atoms with E-state index < -0.39 is 5.97 Å². The number of pyridine rings is 2. The van der Waals surface area contributed by atoms with Crippen LogP contribution in [0, 0.1) is 25.7 Å². The minimum Gasteiger partial charge on any atom is -0.478 e. The molecule has 12 heteroatoms. The summed E-state index contributed by atoms with van der Waals surface area (Å²) in [5.74, 6) is -0.150. The quantitative estimate of drug-likeness (QED) is 0.252. The van der Waals surface area contributed by atoms with Gasteiger partial charge in [-0.05, 0) is 73.2 Å². The molecule has 6 rings (SSSR count). The first-order valence-electron chi connectivity index (χ1n) is 15.3. The highest BCUT2D eigenvalue weighted by molar-refractivity contribution is 5.91. The molecule has 0 saturated carbocycles. The zero-order valence-electron chi connectivity index (χ0n) is 26.5. The Morgan fingerprint density at radius 1 is 0.800 bits per heavy atom. The Morgan fingerprint density at radius 2 is 1.27 bits per heavy atom. The minimum absolute atomic E-state index is 0.304. The molecule has 0 aromatic carbocycles. The maximum atomic E-state index is 11.9. The Morgan fingerprint density at radius 3 is 1.69 bits per heavy atom. The monoisotopic (exact) mass is 614 g/mol. The van der Waals surface area contributed by atoms with Crippen LogP contribution >= 0.6 is 0 Å². The summed E-state index contributed by atoms with van der Waals surface area (Å²) in [4.78, 5) is 31.4. The van der Waals surface area contributed by atoms with Crippen LogP contribution in [0.15, 0.2) is 49.3 Å². The lowest BCUT2D eigenvalue weighted by Gasteiger charge is -2.14. The number of ether oxygens (including phenoxy) is 1. The molecule has 6 heterocycles. The van der Waals surface area contributed by atoms with Gasteiger partial charge in [-0.3, -0.25) is 19.3 Å². The number of aromatic nitrogens is 6. The lowest BCUT2D eigenvalue weighted by molar-refractivity contribution is 0.0598. The van der Waals surface area contributed by atoms with Crippen LogP contribution in [0.25, 0.3) is 0 Å². The number of hydrogen-bond acceptors (Lipinski definition) is 9. The standard InChI is InChI=1S/C17H22N4O2.C16H20N4O2/c1-11-7-19-9-16(11)21-10-14(12(2)20-21)6-13-8-18-5-4-15(13)17(22)23-3;1-10-6-18-8-15(10)20-9-13(11(2)19-20)5-12-7-17-4-3-14(12)16(21)22/h4-5,8,10-11,16,19H,6-7,9H2,1-3H3;3-4,7,9-10,15,18H,5-6,8H2,1-2H3,(H,21,22)/t11-,16+;10-,15+/m00/s1. The number of nitrogens with zero attached hydrogens (tertiary/aromatic N) is 6. The first kappa shape index (κ1) is 32.0. The highest BCUT2D eigenvalue weighted by Crippen LogP contribution is 2.25. The van der Waals surface area contributed by atoms with E-state index in [2.05, 4.69) is 55.5 Å². The normalized spacial score (nSPS) is 20.9. The van der Waals surface area contributed by atoms with Crippen molar-refractivity contribution < 1.29 is 19.4 Å². The molecule has 4 aromatic rings. The zero-order chi connectivity index (χ0) is 32.1. The molecule has 3 N–H and O–H groups in total. The first-order valence-corrected chi connectivity index (χ1v) is 15.3. The average molecular weight is 615 g/mol. The molecule has 2 saturated heterocycles. The van der Waals surface area contributed by atoms with E-state index in [1.165, 1.54) is 13.3 Å². The molecular weight excluding hydrogens is 572 g/mol. The Labute approximate surface area is 263 Å². The van der Waals surface area contributed by atoms with Crippen LogP contribution in [-0.4, -0.2) is 79.9 Å². The maximum Gasteiger partial charge on any atom is 0.338 e. The molecule has 0 aliphatic carbocycles. The van der Waals surface area contributed by atoms with Crippen molar-refractivity contribution in [2.45, 2.75) is 52.6 Å². The summed E-state index contributed by atoms with van der Waals surface area (Å²) in [7, 11) is 1.39. The van der Waals surface area contributed by atoms with E-state index in [0.29, 0.717) is 47.9 Å². The van der Waals surface area contributed by atoms with E-state index >= 15 is 0 Å². The van der Waals surface area contributed by atoms with Gasteiger partial charge in [0.05, 0.1) is 41.7 Å². The molecule has 12 nitrogen and oxygen atoms in total. The third kappa shape index (κ3) is 7.29. The summed E-state index contributed by atoms with van der Waals surface area (Å²) in [5, 5.41) is 25.3. The fraction of sp³-hybridized carbons (Fsp3) is 0.455. The van der Waals surface area contributed by atoms with E-state index in [1.807, 2.05) is 24.7 Å². The summed E-state index contributed by atoms with van der Waals surface area (Å²) in [5.41, 5.74) is 6.54. The van der Waals surface area contributed by atoms with E-state index in [0.717, 1.165) is 59.8 Å². The molecule has 0 unspecified atom stereocenters. The number of hydrogen-bond donors (Lipinski definition) is 3. The van der Waals surface area contributed by atoms with Crippen LogP contribution in [0.1, 0.15) is 80.3 Å². The van der Waals surface area contributed by atoms with Crippen LogP contribution in [0.2, 0.25) is 0 Å². The molecule has 4 aromatic heterocycles. The second-order valence-electron chi connectivity index (χ2n) is 12.1. The van der Waals surface area contributed by atoms with E-state index in [9.17, 15) is 14.7 Å². The molecule has 2 aliphatic heterocycles. The van der Waals surface area contributed by atoms with Gasteiger partial charge in [-0.2, -0.15) is 10.2 Å². The number of carboxylic acids is 1. The molecular formula is C33H42N8O4. The number of carbonyl (C=O) groups excluding carboxylic acids is 1. The number of carbonyl (C=O) groups is 2. The number of nitrogens with one attached hydrogen (secondary N) is 2. The lowest BCUT2D eigenvalue weighted by Crippen LogP contribution is -2.16. The van der Waals surface area contributed by atoms with Crippen LogP contribution in [0.5, 0.6) is 0 Å². The molecule has 0 radical (unpaired) electrons. The van der Waals surface area contributed by atoms with Crippen LogP contribution in [0.3, 0.4) is 0 Å². The Balaban J connectivity index is 0.000000178. The van der Waals surface area contributed by atoms with Gasteiger partial charge in [0, 0.05) is 63.1 Å². The predicted molar refractivity (Wildman–Crippen MR) is 168 cm³/mol. The van der Waals surface area contributed by atoms with Crippen molar-refractivity contribution in [1.29, 1.82) is 0 Å². The fourth-order valence-corrected chi connectivity index (χ4v) is 6.09. The summed E-state index contributed by atoms with van der Waals surface area (Å²) in [6.45, 7) is 12.3. The number of methoxy groups -OCH3 is 1. The molecule has 0 bridgehead atoms. The van der Waals surface area contributed by atoms with Crippen molar-refractivity contribution in [2.75, 3.05) is 33.3 Å². The van der Waals surface area contributed by atoms with Crippen LogP contribution < -0.4 is 10.6 Å². The van der Waals surface area contributed by atoms with E-state index in [-0.39, 0.29) is 5.97 Å². The SMILES string of the molecule is COC(=O)c1ccncc1Cc1cn([C@@H]2CNC[C@@H]2C)nc1C.Cc1nn([C@@H]2CNC[C@@H]2C)cc1Cc1cnccc1C(=O)O. The third-order valence-corrected chi connectivity index (χ3v) is 8.87. The third-order valence-electron chi connectivity index (χ3n) is 8.87. The topological polar surface area (TPSA) is 149 Å². The first-order chi connectivity index (χ1) is 21.7. The van der Waals surface area contributed by atoms with E-state index in [4.69, 9.17) is 4.74 Å². The van der Waals surface area contributed by atoms with Gasteiger partial charge in [0.15, 0.2) is 0 Å². The Bertz CT molecular complexity index is 1650. The van der Waals surface area contributed by atoms with Gasteiger partial charge in [0.1, 0.15) is 0 Å². The molecule has 4 atom stereocenters. The zero-order valence-corrected chi connectivity index (χ0v) is 26.5. The number of esters is 1. The van der Waals surface area contributed by atoms with Gasteiger partial charge >= 0.3 is 11.9 Å². The largest absolute Gasteiger partial charge is 0.478 e.